The molecule has 2 heterocycles. The molecule has 6 heteroatoms. The molecule has 2 nitrogen and oxygen atoms in total. The van der Waals surface area contributed by atoms with Crippen LogP contribution in [-0.4, -0.2) is 9.38 Å². The van der Waals surface area contributed by atoms with Gasteiger partial charge in [0.25, 0.3) is 0 Å². The van der Waals surface area contributed by atoms with E-state index in [4.69, 9.17) is 11.6 Å². The predicted octanol–water partition coefficient (Wildman–Crippen LogP) is 4.54. The van der Waals surface area contributed by atoms with Crippen LogP contribution in [0, 0.1) is 15.3 Å². The fourth-order valence-electron chi connectivity index (χ4n) is 1.95. The predicted molar refractivity (Wildman–Crippen MR) is 78.3 cm³/mol. The Bertz CT molecular complexity index is 768. The fourth-order valence-corrected chi connectivity index (χ4v) is 3.51. The smallest absolute Gasteiger partial charge is 0.238 e. The van der Waals surface area contributed by atoms with Crippen molar-refractivity contribution in [1.29, 1.82) is 0 Å². The Balaban J connectivity index is 2.36. The number of hydrogen-bond donors (Lipinski definition) is 0. The third-order valence-electron chi connectivity index (χ3n) is 2.82. The SMILES string of the molecule is Fc1ccc(-c2c(I)c3c(F)nccn3c2Cl)cc1. The minimum Gasteiger partial charge on any atom is -0.300 e. The lowest BCUT2D eigenvalue weighted by Gasteiger charge is -2.00. The van der Waals surface area contributed by atoms with Gasteiger partial charge in [-0.15, -0.1) is 0 Å². The standard InChI is InChI=1S/C13H6ClF2IN2/c14-12-9(7-1-3-8(15)4-2-7)10(17)11-13(16)18-5-6-19(11)12/h1-6H. The number of rotatable bonds is 1. The summed E-state index contributed by atoms with van der Waals surface area (Å²) in [6.07, 6.45) is 2.94. The topological polar surface area (TPSA) is 17.3 Å². The van der Waals surface area contributed by atoms with Crippen LogP contribution in [0.1, 0.15) is 0 Å². The minimum absolute atomic E-state index is 0.326. The van der Waals surface area contributed by atoms with E-state index in [0.717, 1.165) is 5.56 Å². The fraction of sp³-hybridized carbons (Fsp3) is 0. The van der Waals surface area contributed by atoms with E-state index in [1.165, 1.54) is 22.7 Å². The Morgan fingerprint density at radius 1 is 1.16 bits per heavy atom. The molecule has 0 N–H and O–H groups in total. The zero-order valence-corrected chi connectivity index (χ0v) is 12.3. The monoisotopic (exact) mass is 390 g/mol. The van der Waals surface area contributed by atoms with Crippen LogP contribution in [0.3, 0.4) is 0 Å². The number of aromatic nitrogens is 2. The highest BCUT2D eigenvalue weighted by atomic mass is 127. The van der Waals surface area contributed by atoms with E-state index in [9.17, 15) is 8.78 Å². The Morgan fingerprint density at radius 3 is 2.47 bits per heavy atom. The molecular weight excluding hydrogens is 385 g/mol. The molecule has 3 rings (SSSR count). The van der Waals surface area contributed by atoms with Crippen LogP contribution < -0.4 is 0 Å². The highest BCUT2D eigenvalue weighted by Crippen LogP contribution is 2.37. The summed E-state index contributed by atoms with van der Waals surface area (Å²) in [4.78, 5) is 3.62. The second-order valence-corrected chi connectivity index (χ2v) is 5.36. The average Bonchev–Trinajstić information content (AvgIpc) is 2.65. The van der Waals surface area contributed by atoms with E-state index >= 15 is 0 Å². The van der Waals surface area contributed by atoms with Crippen molar-refractivity contribution in [2.24, 2.45) is 0 Å². The molecule has 0 spiro atoms. The van der Waals surface area contributed by atoms with E-state index in [1.807, 2.05) is 22.6 Å². The molecule has 0 amide bonds. The van der Waals surface area contributed by atoms with Crippen molar-refractivity contribution in [2.75, 3.05) is 0 Å². The molecule has 2 aromatic heterocycles. The van der Waals surface area contributed by atoms with E-state index < -0.39 is 5.95 Å². The summed E-state index contributed by atoms with van der Waals surface area (Å²) in [6.45, 7) is 0. The van der Waals surface area contributed by atoms with E-state index in [2.05, 4.69) is 4.98 Å². The normalized spacial score (nSPS) is 11.2. The number of halogens is 4. The number of hydrogen-bond acceptors (Lipinski definition) is 1. The molecule has 0 saturated heterocycles. The van der Waals surface area contributed by atoms with E-state index in [-0.39, 0.29) is 5.82 Å². The average molecular weight is 391 g/mol. The number of benzene rings is 1. The molecule has 0 bridgehead atoms. The summed E-state index contributed by atoms with van der Waals surface area (Å²) in [5.41, 5.74) is 1.74. The zero-order valence-electron chi connectivity index (χ0n) is 9.37. The first-order chi connectivity index (χ1) is 9.09. The molecule has 0 radical (unpaired) electrons. The highest BCUT2D eigenvalue weighted by Gasteiger charge is 2.19. The first-order valence-electron chi connectivity index (χ1n) is 5.35. The number of fused-ring (bicyclic) bond motifs is 1. The van der Waals surface area contributed by atoms with Gasteiger partial charge in [-0.2, -0.15) is 4.39 Å². The molecule has 0 fully saturated rings. The van der Waals surface area contributed by atoms with Gasteiger partial charge in [0.05, 0.1) is 3.57 Å². The lowest BCUT2D eigenvalue weighted by Crippen LogP contribution is -1.90. The molecule has 0 aliphatic heterocycles. The van der Waals surface area contributed by atoms with E-state index in [0.29, 0.717) is 19.8 Å². The summed E-state index contributed by atoms with van der Waals surface area (Å²) in [7, 11) is 0. The van der Waals surface area contributed by atoms with Gasteiger partial charge in [-0.3, -0.25) is 0 Å². The molecule has 19 heavy (non-hydrogen) atoms. The number of nitrogens with zero attached hydrogens (tertiary/aromatic N) is 2. The lowest BCUT2D eigenvalue weighted by atomic mass is 10.1. The first-order valence-corrected chi connectivity index (χ1v) is 6.80. The second-order valence-electron chi connectivity index (χ2n) is 3.92. The van der Waals surface area contributed by atoms with Crippen molar-refractivity contribution in [3.63, 3.8) is 0 Å². The summed E-state index contributed by atoms with van der Waals surface area (Å²) < 4.78 is 28.9. The van der Waals surface area contributed by atoms with Gasteiger partial charge in [-0.05, 0) is 40.3 Å². The van der Waals surface area contributed by atoms with Crippen molar-refractivity contribution in [3.05, 3.63) is 57.1 Å². The maximum atomic E-state index is 13.8. The van der Waals surface area contributed by atoms with Crippen molar-refractivity contribution >= 4 is 39.7 Å². The van der Waals surface area contributed by atoms with Crippen LogP contribution in [0.15, 0.2) is 36.7 Å². The molecule has 0 unspecified atom stereocenters. The second kappa shape index (κ2) is 4.72. The molecule has 0 saturated carbocycles. The lowest BCUT2D eigenvalue weighted by molar-refractivity contribution is 0.588. The van der Waals surface area contributed by atoms with Crippen LogP contribution in [-0.2, 0) is 0 Å². The van der Waals surface area contributed by atoms with Gasteiger partial charge in [0.1, 0.15) is 16.5 Å². The first kappa shape index (κ1) is 12.8. The van der Waals surface area contributed by atoms with Gasteiger partial charge in [0.15, 0.2) is 0 Å². The van der Waals surface area contributed by atoms with Gasteiger partial charge in [-0.25, -0.2) is 9.37 Å². The Hall–Kier alpha value is -1.21. The highest BCUT2D eigenvalue weighted by molar-refractivity contribution is 14.1. The summed E-state index contributed by atoms with van der Waals surface area (Å²) in [5, 5.41) is 0.382. The maximum absolute atomic E-state index is 13.8. The molecular formula is C13H6ClF2IN2. The Kier molecular flexibility index (Phi) is 3.18. The van der Waals surface area contributed by atoms with E-state index in [1.54, 1.807) is 18.3 Å². The molecule has 0 aliphatic carbocycles. The third-order valence-corrected chi connectivity index (χ3v) is 4.24. The van der Waals surface area contributed by atoms with Gasteiger partial charge in [0, 0.05) is 18.0 Å². The van der Waals surface area contributed by atoms with Gasteiger partial charge in [0.2, 0.25) is 5.95 Å². The quantitative estimate of drug-likeness (QED) is 0.558. The van der Waals surface area contributed by atoms with Gasteiger partial charge < -0.3 is 4.40 Å². The molecule has 3 aromatic rings. The molecule has 0 atom stereocenters. The summed E-state index contributed by atoms with van der Waals surface area (Å²) in [6, 6.07) is 5.92. The Morgan fingerprint density at radius 2 is 1.84 bits per heavy atom. The van der Waals surface area contributed by atoms with Gasteiger partial charge in [-0.1, -0.05) is 23.7 Å². The zero-order chi connectivity index (χ0) is 13.6. The maximum Gasteiger partial charge on any atom is 0.238 e. The van der Waals surface area contributed by atoms with Crippen LogP contribution in [0.4, 0.5) is 8.78 Å². The van der Waals surface area contributed by atoms with Crippen LogP contribution >= 0.6 is 34.2 Å². The van der Waals surface area contributed by atoms with Crippen molar-refractivity contribution in [1.82, 2.24) is 9.38 Å². The minimum atomic E-state index is -0.581. The van der Waals surface area contributed by atoms with Crippen LogP contribution in [0.2, 0.25) is 5.15 Å². The van der Waals surface area contributed by atoms with Gasteiger partial charge >= 0.3 is 0 Å². The molecule has 0 aliphatic rings. The largest absolute Gasteiger partial charge is 0.300 e. The molecule has 96 valence electrons. The van der Waals surface area contributed by atoms with Crippen LogP contribution in [0.25, 0.3) is 16.6 Å². The van der Waals surface area contributed by atoms with Crippen molar-refractivity contribution in [3.8, 4) is 11.1 Å². The van der Waals surface area contributed by atoms with Crippen LogP contribution in [0.5, 0.6) is 0 Å². The van der Waals surface area contributed by atoms with Crippen molar-refractivity contribution < 1.29 is 8.78 Å². The van der Waals surface area contributed by atoms with Crippen molar-refractivity contribution in [2.45, 2.75) is 0 Å². The Labute approximate surface area is 126 Å². The summed E-state index contributed by atoms with van der Waals surface area (Å²) >= 11 is 8.30. The third kappa shape index (κ3) is 2.01. The summed E-state index contributed by atoms with van der Waals surface area (Å²) in [5.74, 6) is -0.909. The molecule has 1 aromatic carbocycles.